The molecule has 2 aromatic carbocycles. The van der Waals surface area contributed by atoms with Crippen molar-refractivity contribution in [2.45, 2.75) is 32.9 Å². The highest BCUT2D eigenvalue weighted by molar-refractivity contribution is 5.95. The van der Waals surface area contributed by atoms with Gasteiger partial charge < -0.3 is 20.1 Å². The van der Waals surface area contributed by atoms with Crippen molar-refractivity contribution >= 4 is 17.4 Å². The van der Waals surface area contributed by atoms with Crippen LogP contribution in [0.1, 0.15) is 26.8 Å². The molecule has 1 atom stereocenters. The summed E-state index contributed by atoms with van der Waals surface area (Å²) >= 11 is 0. The number of nitrogens with one attached hydrogen (secondary N) is 2. The van der Waals surface area contributed by atoms with Crippen LogP contribution in [0.2, 0.25) is 0 Å². The van der Waals surface area contributed by atoms with E-state index in [9.17, 15) is 9.18 Å². The number of para-hydroxylation sites is 2. The Labute approximate surface area is 174 Å². The number of ether oxygens (including phenoxy) is 2. The first-order valence-electron chi connectivity index (χ1n) is 9.60. The van der Waals surface area contributed by atoms with Gasteiger partial charge in [0, 0.05) is 23.9 Å². The molecule has 0 fully saturated rings. The summed E-state index contributed by atoms with van der Waals surface area (Å²) in [6.45, 7) is 5.64. The van der Waals surface area contributed by atoms with Gasteiger partial charge in [-0.1, -0.05) is 12.1 Å². The van der Waals surface area contributed by atoms with Gasteiger partial charge in [-0.2, -0.15) is 5.10 Å². The molecule has 158 valence electrons. The van der Waals surface area contributed by atoms with Gasteiger partial charge in [-0.25, -0.2) is 9.07 Å². The summed E-state index contributed by atoms with van der Waals surface area (Å²) in [6, 6.07) is 12.7. The maximum Gasteiger partial charge on any atom is 0.247 e. The summed E-state index contributed by atoms with van der Waals surface area (Å²) < 4.78 is 27.1. The average molecular weight is 412 g/mol. The number of anilines is 2. The lowest BCUT2D eigenvalue weighted by Gasteiger charge is -2.17. The fourth-order valence-electron chi connectivity index (χ4n) is 2.87. The number of amides is 1. The number of carbonyl (C=O) groups excluding carboxylic acids is 1. The van der Waals surface area contributed by atoms with Crippen LogP contribution in [0.25, 0.3) is 0 Å². The van der Waals surface area contributed by atoms with E-state index in [0.717, 1.165) is 0 Å². The minimum Gasteiger partial charge on any atom is -0.493 e. The van der Waals surface area contributed by atoms with E-state index in [-0.39, 0.29) is 17.7 Å². The second kappa shape index (κ2) is 9.30. The molecule has 7 nitrogen and oxygen atoms in total. The fraction of sp³-hybridized carbons (Fsp3) is 0.273. The molecule has 1 aromatic heterocycles. The first-order chi connectivity index (χ1) is 14.4. The summed E-state index contributed by atoms with van der Waals surface area (Å²) in [5.41, 5.74) is 0.458. The van der Waals surface area contributed by atoms with Crippen LogP contribution in [-0.2, 0) is 4.79 Å². The highest BCUT2D eigenvalue weighted by Crippen LogP contribution is 2.33. The summed E-state index contributed by atoms with van der Waals surface area (Å²) in [5, 5.41) is 10.0. The normalized spacial score (nSPS) is 11.8. The molecule has 0 bridgehead atoms. The lowest BCUT2D eigenvalue weighted by atomic mass is 10.2. The average Bonchev–Trinajstić information content (AvgIpc) is 3.18. The van der Waals surface area contributed by atoms with Crippen molar-refractivity contribution in [1.82, 2.24) is 9.78 Å². The van der Waals surface area contributed by atoms with Gasteiger partial charge in [0.05, 0.1) is 13.3 Å². The zero-order valence-corrected chi connectivity index (χ0v) is 17.3. The van der Waals surface area contributed by atoms with E-state index in [1.165, 1.54) is 19.2 Å². The van der Waals surface area contributed by atoms with Crippen molar-refractivity contribution in [3.05, 3.63) is 60.5 Å². The Morgan fingerprint density at radius 2 is 1.80 bits per heavy atom. The Hall–Kier alpha value is -3.55. The Bertz CT molecular complexity index is 1020. The summed E-state index contributed by atoms with van der Waals surface area (Å²) in [7, 11) is 1.52. The number of hydrogen-bond acceptors (Lipinski definition) is 5. The molecular weight excluding hydrogens is 387 g/mol. The summed E-state index contributed by atoms with van der Waals surface area (Å²) in [6.07, 6.45) is 1.63. The van der Waals surface area contributed by atoms with E-state index < -0.39 is 11.9 Å². The van der Waals surface area contributed by atoms with Crippen LogP contribution in [0.15, 0.2) is 54.7 Å². The zero-order chi connectivity index (χ0) is 21.7. The fourth-order valence-corrected chi connectivity index (χ4v) is 2.87. The molecule has 1 heterocycles. The lowest BCUT2D eigenvalue weighted by molar-refractivity contribution is -0.116. The minimum absolute atomic E-state index is 0.0583. The van der Waals surface area contributed by atoms with Crippen LogP contribution < -0.4 is 20.1 Å². The summed E-state index contributed by atoms with van der Waals surface area (Å²) in [5.74, 6) is 0.765. The van der Waals surface area contributed by atoms with Crippen molar-refractivity contribution in [1.29, 1.82) is 0 Å². The topological polar surface area (TPSA) is 77.4 Å². The third-order valence-electron chi connectivity index (χ3n) is 4.41. The zero-order valence-electron chi connectivity index (χ0n) is 17.3. The first kappa shape index (κ1) is 21.2. The largest absolute Gasteiger partial charge is 0.493 e. The van der Waals surface area contributed by atoms with Crippen LogP contribution in [0.4, 0.5) is 15.9 Å². The molecular formula is C22H25FN4O3. The van der Waals surface area contributed by atoms with Crippen molar-refractivity contribution in [2.24, 2.45) is 0 Å². The monoisotopic (exact) mass is 412 g/mol. The quantitative estimate of drug-likeness (QED) is 0.553. The van der Waals surface area contributed by atoms with Crippen molar-refractivity contribution in [3.63, 3.8) is 0 Å². The minimum atomic E-state index is -0.596. The Morgan fingerprint density at radius 1 is 1.07 bits per heavy atom. The number of rotatable bonds is 8. The number of benzene rings is 2. The predicted molar refractivity (Wildman–Crippen MR) is 114 cm³/mol. The number of methoxy groups -OCH3 is 1. The first-order valence-corrected chi connectivity index (χ1v) is 9.60. The van der Waals surface area contributed by atoms with Gasteiger partial charge in [0.25, 0.3) is 0 Å². The number of halogens is 1. The second-order valence-corrected chi connectivity index (χ2v) is 7.01. The lowest BCUT2D eigenvalue weighted by Crippen LogP contribution is -2.32. The van der Waals surface area contributed by atoms with Gasteiger partial charge in [-0.15, -0.1) is 0 Å². The van der Waals surface area contributed by atoms with Crippen LogP contribution in [0, 0.1) is 5.82 Å². The van der Waals surface area contributed by atoms with Crippen molar-refractivity contribution in [3.8, 4) is 17.2 Å². The molecule has 8 heteroatoms. The van der Waals surface area contributed by atoms with Gasteiger partial charge in [-0.05, 0) is 45.0 Å². The molecule has 0 spiro atoms. The molecule has 0 saturated heterocycles. The number of hydrogen-bond donors (Lipinski definition) is 2. The number of nitrogens with zero attached hydrogens (tertiary/aromatic N) is 2. The summed E-state index contributed by atoms with van der Waals surface area (Å²) in [4.78, 5) is 12.5. The molecule has 3 aromatic rings. The Morgan fingerprint density at radius 3 is 2.47 bits per heavy atom. The van der Waals surface area contributed by atoms with Gasteiger partial charge in [0.15, 0.2) is 23.1 Å². The molecule has 2 N–H and O–H groups in total. The molecule has 1 unspecified atom stereocenters. The third kappa shape index (κ3) is 4.89. The van der Waals surface area contributed by atoms with Gasteiger partial charge in [0.1, 0.15) is 11.9 Å². The molecule has 30 heavy (non-hydrogen) atoms. The Balaban J connectivity index is 1.66. The standard InChI is InChI=1S/C22H25FN4O3/c1-14(2)27-21(11-12-24-27)26-22(28)15(3)25-16-9-10-18(17(23)13-16)30-20-8-6-5-7-19(20)29-4/h5-15,25H,1-4H3,(H,26,28). The number of carbonyl (C=O) groups is 1. The smallest absolute Gasteiger partial charge is 0.247 e. The van der Waals surface area contributed by atoms with Crippen LogP contribution in [-0.4, -0.2) is 28.8 Å². The van der Waals surface area contributed by atoms with Crippen LogP contribution in [0.5, 0.6) is 17.2 Å². The second-order valence-electron chi connectivity index (χ2n) is 7.01. The molecule has 1 amide bonds. The maximum absolute atomic E-state index is 14.6. The van der Waals surface area contributed by atoms with E-state index in [0.29, 0.717) is 23.0 Å². The van der Waals surface area contributed by atoms with Gasteiger partial charge in [0.2, 0.25) is 5.91 Å². The van der Waals surface area contributed by atoms with Crippen LogP contribution >= 0.6 is 0 Å². The van der Waals surface area contributed by atoms with Gasteiger partial charge in [-0.3, -0.25) is 4.79 Å². The van der Waals surface area contributed by atoms with Crippen LogP contribution in [0.3, 0.4) is 0 Å². The van der Waals surface area contributed by atoms with E-state index in [4.69, 9.17) is 9.47 Å². The van der Waals surface area contributed by atoms with E-state index in [1.54, 1.807) is 54.2 Å². The molecule has 0 aliphatic rings. The molecule has 0 aliphatic carbocycles. The predicted octanol–water partition coefficient (Wildman–Crippen LogP) is 4.84. The highest BCUT2D eigenvalue weighted by atomic mass is 19.1. The molecule has 0 saturated carbocycles. The molecule has 3 rings (SSSR count). The van der Waals surface area contributed by atoms with E-state index >= 15 is 0 Å². The maximum atomic E-state index is 14.6. The van der Waals surface area contributed by atoms with Crippen molar-refractivity contribution in [2.75, 3.05) is 17.7 Å². The van der Waals surface area contributed by atoms with Crippen molar-refractivity contribution < 1.29 is 18.7 Å². The Kier molecular flexibility index (Phi) is 6.56. The third-order valence-corrected chi connectivity index (χ3v) is 4.41. The van der Waals surface area contributed by atoms with E-state index in [2.05, 4.69) is 15.7 Å². The molecule has 0 aliphatic heterocycles. The molecule has 0 radical (unpaired) electrons. The SMILES string of the molecule is COc1ccccc1Oc1ccc(NC(C)C(=O)Nc2ccnn2C(C)C)cc1F. The van der Waals surface area contributed by atoms with Gasteiger partial charge >= 0.3 is 0 Å². The highest BCUT2D eigenvalue weighted by Gasteiger charge is 2.17. The number of aromatic nitrogens is 2. The van der Waals surface area contributed by atoms with E-state index in [1.807, 2.05) is 13.8 Å².